The van der Waals surface area contributed by atoms with Crippen LogP contribution in [0.15, 0.2) is 4.52 Å². The molecule has 6 heteroatoms. The molecule has 1 aliphatic heterocycles. The number of nitrogens with one attached hydrogen (secondary N) is 1. The van der Waals surface area contributed by atoms with Crippen molar-refractivity contribution in [1.29, 1.82) is 0 Å². The molecule has 1 N–H and O–H groups in total. The molecule has 0 radical (unpaired) electrons. The van der Waals surface area contributed by atoms with Crippen molar-refractivity contribution in [2.45, 2.75) is 39.3 Å². The molecule has 0 spiro atoms. The number of nitrogens with zero attached hydrogens (tertiary/aromatic N) is 3. The largest absolute Gasteiger partial charge is 0.339 e. The van der Waals surface area contributed by atoms with Crippen molar-refractivity contribution < 1.29 is 4.52 Å². The predicted molar refractivity (Wildman–Crippen MR) is 68.3 cm³/mol. The van der Waals surface area contributed by atoms with Crippen LogP contribution in [0.1, 0.15) is 32.0 Å². The number of halogens is 1. The van der Waals surface area contributed by atoms with Crippen LogP contribution in [0.4, 0.5) is 0 Å². The van der Waals surface area contributed by atoms with Gasteiger partial charge in [-0.1, -0.05) is 12.1 Å². The highest BCUT2D eigenvalue weighted by Crippen LogP contribution is 2.06. The summed E-state index contributed by atoms with van der Waals surface area (Å²) < 4.78 is 5.17. The molecular weight excluding hydrogens is 240 g/mol. The quantitative estimate of drug-likeness (QED) is 0.883. The number of aromatic nitrogens is 2. The average Bonchev–Trinajstić information content (AvgIpc) is 2.66. The molecule has 1 aromatic rings. The summed E-state index contributed by atoms with van der Waals surface area (Å²) in [6.45, 7) is 8.27. The molecular formula is C11H21ClN4O. The first-order valence-electron chi connectivity index (χ1n) is 6.05. The van der Waals surface area contributed by atoms with E-state index in [0.29, 0.717) is 6.04 Å². The van der Waals surface area contributed by atoms with Gasteiger partial charge in [0.1, 0.15) is 0 Å². The molecule has 1 atom stereocenters. The fourth-order valence-corrected chi connectivity index (χ4v) is 2.03. The first-order valence-corrected chi connectivity index (χ1v) is 6.05. The van der Waals surface area contributed by atoms with Crippen LogP contribution in [0.25, 0.3) is 0 Å². The molecule has 2 heterocycles. The van der Waals surface area contributed by atoms with Crippen molar-refractivity contribution >= 4 is 12.4 Å². The SMILES string of the molecule is CCCc1nc(CN2CCNC(C)C2)no1.Cl. The molecule has 0 aromatic carbocycles. The van der Waals surface area contributed by atoms with Crippen LogP contribution in [0.5, 0.6) is 0 Å². The number of piperazine rings is 1. The maximum absolute atomic E-state index is 5.17. The molecule has 1 saturated heterocycles. The second-order valence-corrected chi connectivity index (χ2v) is 4.44. The second kappa shape index (κ2) is 6.93. The maximum Gasteiger partial charge on any atom is 0.226 e. The molecule has 1 unspecified atom stereocenters. The van der Waals surface area contributed by atoms with Gasteiger partial charge in [-0.3, -0.25) is 4.90 Å². The lowest BCUT2D eigenvalue weighted by Gasteiger charge is -2.30. The van der Waals surface area contributed by atoms with Crippen LogP contribution in [-0.4, -0.2) is 40.7 Å². The van der Waals surface area contributed by atoms with E-state index in [0.717, 1.165) is 50.7 Å². The molecule has 2 rings (SSSR count). The van der Waals surface area contributed by atoms with E-state index < -0.39 is 0 Å². The zero-order chi connectivity index (χ0) is 11.4. The normalized spacial score (nSPS) is 21.2. The molecule has 0 saturated carbocycles. The number of hydrogen-bond acceptors (Lipinski definition) is 5. The van der Waals surface area contributed by atoms with E-state index >= 15 is 0 Å². The summed E-state index contributed by atoms with van der Waals surface area (Å²) in [5.74, 6) is 1.58. The van der Waals surface area contributed by atoms with E-state index in [2.05, 4.69) is 34.2 Å². The summed E-state index contributed by atoms with van der Waals surface area (Å²) >= 11 is 0. The van der Waals surface area contributed by atoms with E-state index in [1.54, 1.807) is 0 Å². The van der Waals surface area contributed by atoms with Gasteiger partial charge in [0.15, 0.2) is 5.82 Å². The molecule has 0 aliphatic carbocycles. The Bertz CT molecular complexity index is 331. The van der Waals surface area contributed by atoms with Gasteiger partial charge in [-0.2, -0.15) is 4.98 Å². The van der Waals surface area contributed by atoms with Gasteiger partial charge in [-0.05, 0) is 13.3 Å². The highest BCUT2D eigenvalue weighted by atomic mass is 35.5. The van der Waals surface area contributed by atoms with Crippen molar-refractivity contribution in [3.63, 3.8) is 0 Å². The number of rotatable bonds is 4. The van der Waals surface area contributed by atoms with E-state index in [9.17, 15) is 0 Å². The second-order valence-electron chi connectivity index (χ2n) is 4.44. The molecule has 5 nitrogen and oxygen atoms in total. The third kappa shape index (κ3) is 4.26. The van der Waals surface area contributed by atoms with E-state index in [1.807, 2.05) is 0 Å². The Morgan fingerprint density at radius 3 is 3.06 bits per heavy atom. The molecule has 0 amide bonds. The van der Waals surface area contributed by atoms with Gasteiger partial charge in [0, 0.05) is 32.1 Å². The maximum atomic E-state index is 5.17. The van der Waals surface area contributed by atoms with Gasteiger partial charge in [-0.25, -0.2) is 0 Å². The van der Waals surface area contributed by atoms with Gasteiger partial charge >= 0.3 is 0 Å². The molecule has 1 aliphatic rings. The van der Waals surface area contributed by atoms with Crippen molar-refractivity contribution in [3.8, 4) is 0 Å². The Kier molecular flexibility index (Phi) is 5.88. The fraction of sp³-hybridized carbons (Fsp3) is 0.818. The first-order chi connectivity index (χ1) is 7.78. The zero-order valence-corrected chi connectivity index (χ0v) is 11.3. The third-order valence-corrected chi connectivity index (χ3v) is 2.79. The Labute approximate surface area is 108 Å². The van der Waals surface area contributed by atoms with Gasteiger partial charge in [0.2, 0.25) is 5.89 Å². The lowest BCUT2D eigenvalue weighted by Crippen LogP contribution is -2.48. The summed E-state index contributed by atoms with van der Waals surface area (Å²) in [5, 5.41) is 7.42. The topological polar surface area (TPSA) is 54.2 Å². The van der Waals surface area contributed by atoms with Crippen LogP contribution in [0.3, 0.4) is 0 Å². The van der Waals surface area contributed by atoms with Gasteiger partial charge in [0.25, 0.3) is 0 Å². The zero-order valence-electron chi connectivity index (χ0n) is 10.5. The average molecular weight is 261 g/mol. The molecule has 1 fully saturated rings. The minimum Gasteiger partial charge on any atom is -0.339 e. The van der Waals surface area contributed by atoms with Crippen molar-refractivity contribution in [2.75, 3.05) is 19.6 Å². The minimum absolute atomic E-state index is 0. The lowest BCUT2D eigenvalue weighted by molar-refractivity contribution is 0.193. The lowest BCUT2D eigenvalue weighted by atomic mass is 10.2. The van der Waals surface area contributed by atoms with E-state index in [4.69, 9.17) is 4.52 Å². The minimum atomic E-state index is 0. The molecule has 0 bridgehead atoms. The van der Waals surface area contributed by atoms with Crippen molar-refractivity contribution in [1.82, 2.24) is 20.4 Å². The summed E-state index contributed by atoms with van der Waals surface area (Å²) in [6, 6.07) is 0.552. The Balaban J connectivity index is 0.00000144. The molecule has 17 heavy (non-hydrogen) atoms. The van der Waals surface area contributed by atoms with Crippen LogP contribution < -0.4 is 5.32 Å². The van der Waals surface area contributed by atoms with Gasteiger partial charge < -0.3 is 9.84 Å². The Morgan fingerprint density at radius 2 is 2.35 bits per heavy atom. The highest BCUT2D eigenvalue weighted by molar-refractivity contribution is 5.85. The third-order valence-electron chi connectivity index (χ3n) is 2.79. The van der Waals surface area contributed by atoms with Crippen LogP contribution in [-0.2, 0) is 13.0 Å². The Hall–Kier alpha value is -0.650. The van der Waals surface area contributed by atoms with Gasteiger partial charge in [-0.15, -0.1) is 12.4 Å². The Morgan fingerprint density at radius 1 is 1.53 bits per heavy atom. The molecule has 98 valence electrons. The van der Waals surface area contributed by atoms with Crippen LogP contribution in [0, 0.1) is 0 Å². The monoisotopic (exact) mass is 260 g/mol. The number of aryl methyl sites for hydroxylation is 1. The summed E-state index contributed by atoms with van der Waals surface area (Å²) in [5.41, 5.74) is 0. The van der Waals surface area contributed by atoms with E-state index in [-0.39, 0.29) is 12.4 Å². The first kappa shape index (κ1) is 14.4. The van der Waals surface area contributed by atoms with Crippen molar-refractivity contribution in [2.24, 2.45) is 0 Å². The summed E-state index contributed by atoms with van der Waals surface area (Å²) in [4.78, 5) is 6.74. The number of hydrogen-bond donors (Lipinski definition) is 1. The summed E-state index contributed by atoms with van der Waals surface area (Å²) in [7, 11) is 0. The van der Waals surface area contributed by atoms with Crippen molar-refractivity contribution in [3.05, 3.63) is 11.7 Å². The van der Waals surface area contributed by atoms with E-state index in [1.165, 1.54) is 0 Å². The van der Waals surface area contributed by atoms with Gasteiger partial charge in [0.05, 0.1) is 6.54 Å². The fourth-order valence-electron chi connectivity index (χ4n) is 2.03. The summed E-state index contributed by atoms with van der Waals surface area (Å²) in [6.07, 6.45) is 1.93. The standard InChI is InChI=1S/C11H20N4O.ClH/c1-3-4-11-13-10(14-16-11)8-15-6-5-12-9(2)7-15;/h9,12H,3-8H2,1-2H3;1H. The molecule has 1 aromatic heterocycles. The van der Waals surface area contributed by atoms with Crippen LogP contribution in [0.2, 0.25) is 0 Å². The van der Waals surface area contributed by atoms with Crippen LogP contribution >= 0.6 is 12.4 Å². The highest BCUT2D eigenvalue weighted by Gasteiger charge is 2.17. The predicted octanol–water partition coefficient (Wildman–Crippen LogP) is 1.24. The smallest absolute Gasteiger partial charge is 0.226 e.